The predicted octanol–water partition coefficient (Wildman–Crippen LogP) is 1.63. The van der Waals surface area contributed by atoms with E-state index < -0.39 is 0 Å². The van der Waals surface area contributed by atoms with Gasteiger partial charge in [0.2, 0.25) is 0 Å². The first-order valence-corrected chi connectivity index (χ1v) is 3.67. The standard InChI is InChI=1S/C9H7FN2/c10-8-3-1-7(2-4-8)9-5-6-11-12-9/h1-6H,(H,11,12)/p+1. The highest BCUT2D eigenvalue weighted by Gasteiger charge is 1.99. The lowest BCUT2D eigenvalue weighted by atomic mass is 10.1. The van der Waals surface area contributed by atoms with Crippen molar-refractivity contribution in [2.45, 2.75) is 0 Å². The first kappa shape index (κ1) is 7.03. The van der Waals surface area contributed by atoms with E-state index in [0.717, 1.165) is 11.3 Å². The van der Waals surface area contributed by atoms with Gasteiger partial charge in [-0.05, 0) is 24.3 Å². The molecule has 0 bridgehead atoms. The minimum absolute atomic E-state index is 0.214. The zero-order valence-corrected chi connectivity index (χ0v) is 6.34. The van der Waals surface area contributed by atoms with Crippen LogP contribution in [-0.4, -0.2) is 5.10 Å². The van der Waals surface area contributed by atoms with Crippen LogP contribution in [0.3, 0.4) is 0 Å². The Morgan fingerprint density at radius 3 is 2.42 bits per heavy atom. The van der Waals surface area contributed by atoms with Gasteiger partial charge in [0.15, 0.2) is 6.20 Å². The molecule has 1 heterocycles. The van der Waals surface area contributed by atoms with Gasteiger partial charge in [-0.1, -0.05) is 0 Å². The monoisotopic (exact) mass is 163 g/mol. The molecule has 2 aromatic rings. The van der Waals surface area contributed by atoms with Gasteiger partial charge in [0.25, 0.3) is 0 Å². The lowest BCUT2D eigenvalue weighted by molar-refractivity contribution is -0.448. The van der Waals surface area contributed by atoms with Crippen LogP contribution in [0.15, 0.2) is 36.5 Å². The maximum atomic E-state index is 12.5. The van der Waals surface area contributed by atoms with Gasteiger partial charge in [0, 0.05) is 11.6 Å². The lowest BCUT2D eigenvalue weighted by Gasteiger charge is -1.93. The summed E-state index contributed by atoms with van der Waals surface area (Å²) in [5.74, 6) is -0.214. The number of rotatable bonds is 1. The number of aromatic nitrogens is 2. The molecule has 0 radical (unpaired) electrons. The van der Waals surface area contributed by atoms with Crippen molar-refractivity contribution in [1.29, 1.82) is 0 Å². The molecule has 0 unspecified atom stereocenters. The third-order valence-electron chi connectivity index (χ3n) is 1.70. The molecular weight excluding hydrogens is 155 g/mol. The molecule has 0 amide bonds. The average molecular weight is 163 g/mol. The molecule has 3 heteroatoms. The first-order valence-electron chi connectivity index (χ1n) is 3.67. The second-order valence-electron chi connectivity index (χ2n) is 2.52. The third kappa shape index (κ3) is 1.21. The van der Waals surface area contributed by atoms with E-state index in [9.17, 15) is 4.39 Å². The fourth-order valence-electron chi connectivity index (χ4n) is 1.08. The van der Waals surface area contributed by atoms with Crippen LogP contribution in [0, 0.1) is 5.82 Å². The fourth-order valence-corrected chi connectivity index (χ4v) is 1.08. The van der Waals surface area contributed by atoms with Crippen LogP contribution < -0.4 is 5.10 Å². The Bertz CT molecular complexity index is 351. The van der Waals surface area contributed by atoms with Crippen LogP contribution in [0.2, 0.25) is 0 Å². The molecule has 0 atom stereocenters. The van der Waals surface area contributed by atoms with Crippen molar-refractivity contribution in [3.63, 3.8) is 0 Å². The van der Waals surface area contributed by atoms with Crippen molar-refractivity contribution in [3.05, 3.63) is 42.3 Å². The molecule has 1 aromatic carbocycles. The molecule has 0 fully saturated rings. The van der Waals surface area contributed by atoms with Gasteiger partial charge in [-0.3, -0.25) is 0 Å². The van der Waals surface area contributed by atoms with Crippen LogP contribution in [0.1, 0.15) is 0 Å². The Morgan fingerprint density at radius 2 is 1.83 bits per heavy atom. The van der Waals surface area contributed by atoms with E-state index in [2.05, 4.69) is 10.2 Å². The van der Waals surface area contributed by atoms with E-state index in [-0.39, 0.29) is 5.82 Å². The summed E-state index contributed by atoms with van der Waals surface area (Å²) in [4.78, 5) is 0. The zero-order valence-electron chi connectivity index (χ0n) is 6.34. The summed E-state index contributed by atoms with van der Waals surface area (Å²) in [6.45, 7) is 0. The molecule has 0 saturated heterocycles. The summed E-state index contributed by atoms with van der Waals surface area (Å²) >= 11 is 0. The van der Waals surface area contributed by atoms with Gasteiger partial charge in [0.1, 0.15) is 11.5 Å². The first-order chi connectivity index (χ1) is 5.86. The van der Waals surface area contributed by atoms with Crippen molar-refractivity contribution >= 4 is 0 Å². The van der Waals surface area contributed by atoms with Gasteiger partial charge in [-0.15, -0.1) is 5.10 Å². The summed E-state index contributed by atoms with van der Waals surface area (Å²) in [6.07, 6.45) is 1.79. The van der Waals surface area contributed by atoms with Crippen LogP contribution in [0.4, 0.5) is 4.39 Å². The minimum atomic E-state index is -0.214. The van der Waals surface area contributed by atoms with Gasteiger partial charge in [-0.2, -0.15) is 5.10 Å². The van der Waals surface area contributed by atoms with Crippen LogP contribution in [0.5, 0.6) is 0 Å². The Kier molecular flexibility index (Phi) is 1.63. The summed E-state index contributed by atoms with van der Waals surface area (Å²) in [7, 11) is 0. The molecule has 12 heavy (non-hydrogen) atoms. The van der Waals surface area contributed by atoms with Gasteiger partial charge in [-0.25, -0.2) is 4.39 Å². The minimum Gasteiger partial charge on any atom is -0.207 e. The van der Waals surface area contributed by atoms with E-state index in [0.29, 0.717) is 0 Å². The lowest BCUT2D eigenvalue weighted by Crippen LogP contribution is -1.98. The Morgan fingerprint density at radius 1 is 1.08 bits per heavy atom. The smallest absolute Gasteiger partial charge is 0.193 e. The average Bonchev–Trinajstić information content (AvgIpc) is 2.58. The Hall–Kier alpha value is -1.64. The Balaban J connectivity index is 2.43. The van der Waals surface area contributed by atoms with E-state index in [1.165, 1.54) is 12.1 Å². The van der Waals surface area contributed by atoms with Crippen molar-refractivity contribution in [3.8, 4) is 11.3 Å². The highest BCUT2D eigenvalue weighted by molar-refractivity contribution is 5.57. The maximum Gasteiger partial charge on any atom is 0.193 e. The summed E-state index contributed by atoms with van der Waals surface area (Å²) < 4.78 is 12.5. The Labute approximate surface area is 69.1 Å². The predicted molar refractivity (Wildman–Crippen MR) is 42.7 cm³/mol. The molecule has 0 aliphatic carbocycles. The van der Waals surface area contributed by atoms with Crippen molar-refractivity contribution in [2.75, 3.05) is 0 Å². The van der Waals surface area contributed by atoms with Crippen LogP contribution in [-0.2, 0) is 0 Å². The number of nitrogens with one attached hydrogen (secondary N) is 2. The topological polar surface area (TPSA) is 29.9 Å². The number of H-pyrrole nitrogens is 2. The van der Waals surface area contributed by atoms with Gasteiger partial charge < -0.3 is 0 Å². The van der Waals surface area contributed by atoms with Crippen molar-refractivity contribution in [1.82, 2.24) is 5.10 Å². The molecule has 0 aliphatic rings. The number of hydrogen-bond donors (Lipinski definition) is 1. The molecule has 0 spiro atoms. The van der Waals surface area contributed by atoms with Crippen molar-refractivity contribution in [2.24, 2.45) is 0 Å². The number of aromatic amines is 2. The molecule has 60 valence electrons. The number of benzene rings is 1. The van der Waals surface area contributed by atoms with E-state index in [1.807, 2.05) is 6.07 Å². The quantitative estimate of drug-likeness (QED) is 0.662. The zero-order chi connectivity index (χ0) is 8.39. The van der Waals surface area contributed by atoms with Crippen molar-refractivity contribution < 1.29 is 9.49 Å². The highest BCUT2D eigenvalue weighted by atomic mass is 19.1. The SMILES string of the molecule is Fc1ccc(-c2cc[nH+][nH]2)cc1. The molecule has 2 nitrogen and oxygen atoms in total. The summed E-state index contributed by atoms with van der Waals surface area (Å²) in [6, 6.07) is 8.24. The molecule has 2 rings (SSSR count). The largest absolute Gasteiger partial charge is 0.207 e. The van der Waals surface area contributed by atoms with E-state index in [4.69, 9.17) is 0 Å². The summed E-state index contributed by atoms with van der Waals surface area (Å²) in [5, 5.41) is 5.75. The number of hydrogen-bond acceptors (Lipinski definition) is 0. The van der Waals surface area contributed by atoms with E-state index >= 15 is 0 Å². The highest BCUT2D eigenvalue weighted by Crippen LogP contribution is 2.14. The second kappa shape index (κ2) is 2.77. The molecule has 0 aliphatic heterocycles. The molecule has 1 aromatic heterocycles. The number of halogens is 1. The fraction of sp³-hybridized carbons (Fsp3) is 0. The normalized spacial score (nSPS) is 10.1. The van der Waals surface area contributed by atoms with Gasteiger partial charge >= 0.3 is 0 Å². The molecule has 2 N–H and O–H groups in total. The second-order valence-corrected chi connectivity index (χ2v) is 2.52. The van der Waals surface area contributed by atoms with Crippen LogP contribution in [0.25, 0.3) is 11.3 Å². The maximum absolute atomic E-state index is 12.5. The van der Waals surface area contributed by atoms with Gasteiger partial charge in [0.05, 0.1) is 0 Å². The van der Waals surface area contributed by atoms with E-state index in [1.54, 1.807) is 18.3 Å². The summed E-state index contributed by atoms with van der Waals surface area (Å²) in [5.41, 5.74) is 1.92. The molecule has 0 saturated carbocycles. The van der Waals surface area contributed by atoms with Crippen LogP contribution >= 0.6 is 0 Å². The third-order valence-corrected chi connectivity index (χ3v) is 1.70. The molecular formula is C9H8FN2+.